The van der Waals surface area contributed by atoms with Crippen LogP contribution in [-0.2, 0) is 4.79 Å². The summed E-state index contributed by atoms with van der Waals surface area (Å²) in [5, 5.41) is 0. The fourth-order valence-corrected chi connectivity index (χ4v) is 4.09. The third kappa shape index (κ3) is 1.99. The maximum atomic E-state index is 12.6. The molecule has 1 amide bonds. The van der Waals surface area contributed by atoms with E-state index in [1.54, 1.807) is 0 Å². The van der Waals surface area contributed by atoms with Crippen LogP contribution in [0.15, 0.2) is 0 Å². The van der Waals surface area contributed by atoms with Crippen molar-refractivity contribution in [1.29, 1.82) is 0 Å². The highest BCUT2D eigenvalue weighted by Gasteiger charge is 2.57. The van der Waals surface area contributed by atoms with Crippen LogP contribution in [0.2, 0.25) is 0 Å². The maximum Gasteiger partial charge on any atom is 0.226 e. The Labute approximate surface area is 104 Å². The Morgan fingerprint density at radius 3 is 2.53 bits per heavy atom. The first-order chi connectivity index (χ1) is 8.33. The molecule has 3 heteroatoms. The predicted octanol–water partition coefficient (Wildman–Crippen LogP) is 1.76. The molecule has 1 aliphatic heterocycles. The molecule has 3 aliphatic rings. The average Bonchev–Trinajstić information content (AvgIpc) is 2.94. The quantitative estimate of drug-likeness (QED) is 0.794. The maximum absolute atomic E-state index is 12.6. The van der Waals surface area contributed by atoms with Gasteiger partial charge in [0.05, 0.1) is 0 Å². The first-order valence-electron chi connectivity index (χ1n) is 7.33. The fourth-order valence-electron chi connectivity index (χ4n) is 4.09. The summed E-state index contributed by atoms with van der Waals surface area (Å²) in [4.78, 5) is 14.7. The third-order valence-corrected chi connectivity index (χ3v) is 5.12. The molecule has 1 heterocycles. The number of carbonyl (C=O) groups excluding carboxylic acids is 1. The second-order valence-corrected chi connectivity index (χ2v) is 6.05. The highest BCUT2D eigenvalue weighted by molar-refractivity contribution is 5.83. The Bertz CT molecular complexity index is 295. The molecule has 2 saturated carbocycles. The van der Waals surface area contributed by atoms with Crippen molar-refractivity contribution in [3.63, 3.8) is 0 Å². The van der Waals surface area contributed by atoms with Crippen molar-refractivity contribution in [3.8, 4) is 0 Å². The van der Waals surface area contributed by atoms with Crippen LogP contribution in [0.5, 0.6) is 0 Å². The molecule has 0 bridgehead atoms. The fraction of sp³-hybridized carbons (Fsp3) is 0.929. The van der Waals surface area contributed by atoms with Crippen LogP contribution < -0.4 is 5.73 Å². The number of likely N-dealkylation sites (tertiary alicyclic amines) is 1. The first-order valence-corrected chi connectivity index (χ1v) is 7.33. The van der Waals surface area contributed by atoms with Crippen molar-refractivity contribution in [1.82, 2.24) is 4.90 Å². The zero-order valence-corrected chi connectivity index (χ0v) is 10.6. The lowest BCUT2D eigenvalue weighted by atomic mass is 10.1. The van der Waals surface area contributed by atoms with E-state index in [1.807, 2.05) is 0 Å². The number of nitrogens with two attached hydrogens (primary N) is 1. The lowest BCUT2D eigenvalue weighted by Gasteiger charge is -2.29. The second-order valence-electron chi connectivity index (χ2n) is 6.05. The molecule has 96 valence electrons. The summed E-state index contributed by atoms with van der Waals surface area (Å²) in [5.74, 6) is 2.31. The molecule has 3 fully saturated rings. The zero-order valence-electron chi connectivity index (χ0n) is 10.6. The van der Waals surface area contributed by atoms with Gasteiger partial charge in [0.2, 0.25) is 5.91 Å². The Morgan fingerprint density at radius 2 is 1.82 bits per heavy atom. The van der Waals surface area contributed by atoms with Gasteiger partial charge in [-0.2, -0.15) is 0 Å². The summed E-state index contributed by atoms with van der Waals surface area (Å²) in [5.41, 5.74) is 5.84. The summed E-state index contributed by atoms with van der Waals surface area (Å²) in [6.07, 6.45) is 8.72. The molecule has 3 atom stereocenters. The van der Waals surface area contributed by atoms with Crippen LogP contribution in [0, 0.1) is 17.8 Å². The van der Waals surface area contributed by atoms with Crippen LogP contribution in [0.3, 0.4) is 0 Å². The summed E-state index contributed by atoms with van der Waals surface area (Å²) < 4.78 is 0. The highest BCUT2D eigenvalue weighted by atomic mass is 16.2. The summed E-state index contributed by atoms with van der Waals surface area (Å²) in [6.45, 7) is 1.60. The Morgan fingerprint density at radius 1 is 1.06 bits per heavy atom. The van der Waals surface area contributed by atoms with Crippen molar-refractivity contribution >= 4 is 5.91 Å². The molecule has 0 aromatic carbocycles. The number of rotatable bonds is 2. The Balaban J connectivity index is 1.66. The standard InChI is InChI=1S/C14H24N2O/c15-9-10-5-2-1-3-8-16(10)14(17)13-11-6-4-7-12(11)13/h10-13H,1-9,15H2. The Hall–Kier alpha value is -0.570. The summed E-state index contributed by atoms with van der Waals surface area (Å²) >= 11 is 0. The number of hydrogen-bond donors (Lipinski definition) is 1. The molecule has 2 aliphatic carbocycles. The first kappa shape index (κ1) is 11.5. The molecule has 0 aromatic rings. The number of amides is 1. The van der Waals surface area contributed by atoms with E-state index >= 15 is 0 Å². The van der Waals surface area contributed by atoms with Crippen molar-refractivity contribution < 1.29 is 4.79 Å². The van der Waals surface area contributed by atoms with E-state index in [1.165, 1.54) is 38.5 Å². The number of hydrogen-bond acceptors (Lipinski definition) is 2. The van der Waals surface area contributed by atoms with E-state index in [0.717, 1.165) is 24.8 Å². The van der Waals surface area contributed by atoms with Crippen molar-refractivity contribution in [2.75, 3.05) is 13.1 Å². The molecular weight excluding hydrogens is 212 g/mol. The molecule has 0 spiro atoms. The molecule has 0 aromatic heterocycles. The number of fused-ring (bicyclic) bond motifs is 1. The van der Waals surface area contributed by atoms with Crippen LogP contribution >= 0.6 is 0 Å². The second kappa shape index (κ2) is 4.60. The summed E-state index contributed by atoms with van der Waals surface area (Å²) in [7, 11) is 0. The van der Waals surface area contributed by atoms with Crippen LogP contribution in [0.1, 0.15) is 44.9 Å². The molecular formula is C14H24N2O. The van der Waals surface area contributed by atoms with Gasteiger partial charge < -0.3 is 10.6 Å². The minimum atomic E-state index is 0.325. The van der Waals surface area contributed by atoms with E-state index in [-0.39, 0.29) is 0 Å². The van der Waals surface area contributed by atoms with Gasteiger partial charge in [0.15, 0.2) is 0 Å². The molecule has 2 N–H and O–H groups in total. The van der Waals surface area contributed by atoms with Gasteiger partial charge >= 0.3 is 0 Å². The third-order valence-electron chi connectivity index (χ3n) is 5.12. The smallest absolute Gasteiger partial charge is 0.226 e. The van der Waals surface area contributed by atoms with E-state index in [9.17, 15) is 4.79 Å². The van der Waals surface area contributed by atoms with E-state index in [0.29, 0.717) is 24.4 Å². The van der Waals surface area contributed by atoms with E-state index in [2.05, 4.69) is 4.90 Å². The predicted molar refractivity (Wildman–Crippen MR) is 67.3 cm³/mol. The number of nitrogens with zero attached hydrogens (tertiary/aromatic N) is 1. The van der Waals surface area contributed by atoms with Crippen LogP contribution in [0.25, 0.3) is 0 Å². The normalized spacial score (nSPS) is 40.9. The van der Waals surface area contributed by atoms with Crippen molar-refractivity contribution in [3.05, 3.63) is 0 Å². The molecule has 3 nitrogen and oxygen atoms in total. The minimum Gasteiger partial charge on any atom is -0.338 e. The molecule has 3 rings (SSSR count). The topological polar surface area (TPSA) is 46.3 Å². The zero-order chi connectivity index (χ0) is 11.8. The van der Waals surface area contributed by atoms with Crippen molar-refractivity contribution in [2.24, 2.45) is 23.5 Å². The SMILES string of the molecule is NCC1CCCCCN1C(=O)C1C2CCCC21. The van der Waals surface area contributed by atoms with Gasteiger partial charge in [-0.25, -0.2) is 0 Å². The largest absolute Gasteiger partial charge is 0.338 e. The number of carbonyl (C=O) groups is 1. The van der Waals surface area contributed by atoms with Gasteiger partial charge in [0.1, 0.15) is 0 Å². The molecule has 1 saturated heterocycles. The highest BCUT2D eigenvalue weighted by Crippen LogP contribution is 2.58. The lowest BCUT2D eigenvalue weighted by molar-refractivity contribution is -0.135. The van der Waals surface area contributed by atoms with Gasteiger partial charge in [-0.05, 0) is 37.5 Å². The van der Waals surface area contributed by atoms with Gasteiger partial charge in [0, 0.05) is 25.0 Å². The van der Waals surface area contributed by atoms with Crippen LogP contribution in [-0.4, -0.2) is 29.9 Å². The van der Waals surface area contributed by atoms with E-state index in [4.69, 9.17) is 5.73 Å². The Kier molecular flexibility index (Phi) is 3.12. The molecule has 3 unspecified atom stereocenters. The molecule has 0 radical (unpaired) electrons. The van der Waals surface area contributed by atoms with Crippen LogP contribution in [0.4, 0.5) is 0 Å². The summed E-state index contributed by atoms with van der Waals surface area (Å²) in [6, 6.07) is 0.325. The lowest BCUT2D eigenvalue weighted by Crippen LogP contribution is -2.45. The molecule has 17 heavy (non-hydrogen) atoms. The van der Waals surface area contributed by atoms with Gasteiger partial charge in [-0.1, -0.05) is 19.3 Å². The van der Waals surface area contributed by atoms with Crippen molar-refractivity contribution in [2.45, 2.75) is 51.0 Å². The van der Waals surface area contributed by atoms with E-state index < -0.39 is 0 Å². The monoisotopic (exact) mass is 236 g/mol. The van der Waals surface area contributed by atoms with Gasteiger partial charge in [0.25, 0.3) is 0 Å². The average molecular weight is 236 g/mol. The minimum absolute atomic E-state index is 0.325. The van der Waals surface area contributed by atoms with Gasteiger partial charge in [-0.3, -0.25) is 4.79 Å². The van der Waals surface area contributed by atoms with Gasteiger partial charge in [-0.15, -0.1) is 0 Å².